The minimum absolute atomic E-state index is 0.160. The first-order chi connectivity index (χ1) is 12.3. The van der Waals surface area contributed by atoms with Crippen molar-refractivity contribution in [2.75, 3.05) is 38.2 Å². The number of hydrogen-bond acceptors (Lipinski definition) is 5. The first-order valence-electron chi connectivity index (χ1n) is 9.08. The molecule has 2 unspecified atom stereocenters. The lowest BCUT2D eigenvalue weighted by Crippen LogP contribution is -2.43. The number of halogens is 3. The predicted molar refractivity (Wildman–Crippen MR) is 94.0 cm³/mol. The van der Waals surface area contributed by atoms with Crippen LogP contribution in [0.3, 0.4) is 0 Å². The fraction of sp³-hybridized carbons (Fsp3) is 0.722. The van der Waals surface area contributed by atoms with Crippen LogP contribution in [0.5, 0.6) is 0 Å². The number of hydrogen-bond donors (Lipinski definition) is 2. The van der Waals surface area contributed by atoms with Crippen molar-refractivity contribution < 1.29 is 23.4 Å². The van der Waals surface area contributed by atoms with E-state index in [4.69, 9.17) is 5.11 Å². The van der Waals surface area contributed by atoms with Crippen LogP contribution >= 0.6 is 0 Å². The summed E-state index contributed by atoms with van der Waals surface area (Å²) in [5, 5.41) is 18.0. The summed E-state index contributed by atoms with van der Waals surface area (Å²) in [6, 6.07) is 1.22. The van der Waals surface area contributed by atoms with Crippen molar-refractivity contribution in [2.45, 2.75) is 50.4 Å². The summed E-state index contributed by atoms with van der Waals surface area (Å²) < 4.78 is 38.2. The normalized spacial score (nSPS) is 24.8. The summed E-state index contributed by atoms with van der Waals surface area (Å²) in [5.41, 5.74) is -0.362. The molecule has 8 heteroatoms. The molecule has 26 heavy (non-hydrogen) atoms. The topological polar surface area (TPSA) is 59.8 Å². The number of likely N-dealkylation sites (N-methyl/N-ethyl adjacent to an activating group) is 1. The number of aliphatic hydroxyl groups is 2. The number of aliphatic hydroxyl groups excluding tert-OH is 2. The van der Waals surface area contributed by atoms with E-state index in [1.165, 1.54) is 12.4 Å². The molecule has 2 saturated heterocycles. The Morgan fingerprint density at radius 2 is 1.88 bits per heavy atom. The van der Waals surface area contributed by atoms with Crippen molar-refractivity contribution in [3.05, 3.63) is 24.0 Å². The maximum absolute atomic E-state index is 12.7. The molecule has 0 saturated carbocycles. The maximum atomic E-state index is 12.7. The molecule has 2 aliphatic rings. The molecular weight excluding hydrogens is 347 g/mol. The first kappa shape index (κ1) is 20.9. The monoisotopic (exact) mass is 375 g/mol. The minimum Gasteiger partial charge on any atom is -0.395 e. The van der Waals surface area contributed by atoms with Crippen molar-refractivity contribution in [3.8, 4) is 0 Å². The van der Waals surface area contributed by atoms with Gasteiger partial charge in [0.15, 0.2) is 0 Å². The Morgan fingerprint density at radius 3 is 2.46 bits per heavy atom. The molecule has 2 aliphatic heterocycles. The Bertz CT molecular complexity index is 551. The molecule has 0 radical (unpaired) electrons. The third kappa shape index (κ3) is 5.82. The molecule has 5 nitrogen and oxygen atoms in total. The third-order valence-electron chi connectivity index (χ3n) is 5.00. The molecule has 2 fully saturated rings. The van der Waals surface area contributed by atoms with Gasteiger partial charge in [-0.3, -0.25) is 4.98 Å². The highest BCUT2D eigenvalue weighted by molar-refractivity contribution is 5.53. The summed E-state index contributed by atoms with van der Waals surface area (Å²) in [6.45, 7) is 2.43. The zero-order valence-electron chi connectivity index (χ0n) is 15.1. The van der Waals surface area contributed by atoms with E-state index in [0.717, 1.165) is 38.3 Å². The van der Waals surface area contributed by atoms with Crippen LogP contribution in [0.25, 0.3) is 0 Å². The quantitative estimate of drug-likeness (QED) is 0.832. The van der Waals surface area contributed by atoms with Crippen molar-refractivity contribution in [2.24, 2.45) is 0 Å². The smallest absolute Gasteiger partial charge is 0.395 e. The number of nitrogens with zero attached hydrogens (tertiary/aromatic N) is 3. The van der Waals surface area contributed by atoms with Crippen LogP contribution in [0.4, 0.5) is 18.9 Å². The largest absolute Gasteiger partial charge is 0.418 e. The molecule has 2 N–H and O–H groups in total. The molecule has 3 rings (SSSR count). The Balaban J connectivity index is 0.000000209. The molecule has 1 aromatic rings. The van der Waals surface area contributed by atoms with E-state index in [0.29, 0.717) is 19.5 Å². The Labute approximate surface area is 152 Å². The molecule has 0 spiro atoms. The van der Waals surface area contributed by atoms with Gasteiger partial charge in [0, 0.05) is 31.9 Å². The lowest BCUT2D eigenvalue weighted by Gasteiger charge is -2.33. The second-order valence-corrected chi connectivity index (χ2v) is 6.93. The van der Waals surface area contributed by atoms with E-state index in [-0.39, 0.29) is 24.4 Å². The van der Waals surface area contributed by atoms with Gasteiger partial charge >= 0.3 is 6.18 Å². The van der Waals surface area contributed by atoms with E-state index in [9.17, 15) is 18.3 Å². The van der Waals surface area contributed by atoms with Gasteiger partial charge in [0.25, 0.3) is 0 Å². The summed E-state index contributed by atoms with van der Waals surface area (Å²) in [5.74, 6) is 0. The standard InChI is InChI=1S/C11H13F3N2.C7H15NO2/c12-11(13,14)9-4-5-15-8-10(9)16-6-2-1-3-7-16;1-8-3-2-7(10)4-6(8)5-9/h4-5,8H,1-3,6-7H2;6-7,9-10H,2-5H2,1H3. The lowest BCUT2D eigenvalue weighted by atomic mass is 10.0. The summed E-state index contributed by atoms with van der Waals surface area (Å²) in [6.07, 6.45) is 2.56. The number of alkyl halides is 3. The zero-order chi connectivity index (χ0) is 19.2. The van der Waals surface area contributed by atoms with Gasteiger partial charge in [-0.2, -0.15) is 13.2 Å². The molecule has 0 amide bonds. The Kier molecular flexibility index (Phi) is 7.67. The second-order valence-electron chi connectivity index (χ2n) is 6.93. The van der Waals surface area contributed by atoms with E-state index in [1.54, 1.807) is 4.90 Å². The highest BCUT2D eigenvalue weighted by atomic mass is 19.4. The van der Waals surface area contributed by atoms with Crippen LogP contribution in [-0.2, 0) is 6.18 Å². The zero-order valence-corrected chi connectivity index (χ0v) is 15.1. The summed E-state index contributed by atoms with van der Waals surface area (Å²) in [7, 11) is 1.98. The molecule has 148 valence electrons. The van der Waals surface area contributed by atoms with Crippen LogP contribution in [0, 0.1) is 0 Å². The van der Waals surface area contributed by atoms with Crippen LogP contribution < -0.4 is 4.90 Å². The number of rotatable bonds is 2. The van der Waals surface area contributed by atoms with Crippen LogP contribution in [0.15, 0.2) is 18.5 Å². The Hall–Kier alpha value is -1.38. The van der Waals surface area contributed by atoms with Crippen molar-refractivity contribution in [1.82, 2.24) is 9.88 Å². The highest BCUT2D eigenvalue weighted by Gasteiger charge is 2.35. The average molecular weight is 375 g/mol. The fourth-order valence-electron chi connectivity index (χ4n) is 3.37. The molecular formula is C18H28F3N3O2. The van der Waals surface area contributed by atoms with Gasteiger partial charge in [0.05, 0.1) is 30.2 Å². The first-order valence-corrected chi connectivity index (χ1v) is 9.08. The van der Waals surface area contributed by atoms with E-state index in [2.05, 4.69) is 9.88 Å². The van der Waals surface area contributed by atoms with Crippen LogP contribution in [0.1, 0.15) is 37.7 Å². The van der Waals surface area contributed by atoms with Gasteiger partial charge in [-0.25, -0.2) is 0 Å². The molecule has 3 heterocycles. The SMILES string of the molecule is CN1CCC(O)CC1CO.FC(F)(F)c1ccncc1N1CCCCC1. The van der Waals surface area contributed by atoms with E-state index in [1.807, 2.05) is 7.05 Å². The molecule has 0 bridgehead atoms. The van der Waals surface area contributed by atoms with Crippen molar-refractivity contribution in [1.29, 1.82) is 0 Å². The van der Waals surface area contributed by atoms with E-state index >= 15 is 0 Å². The summed E-state index contributed by atoms with van der Waals surface area (Å²) in [4.78, 5) is 7.66. The number of pyridine rings is 1. The average Bonchev–Trinajstić information content (AvgIpc) is 2.64. The second kappa shape index (κ2) is 9.53. The van der Waals surface area contributed by atoms with E-state index < -0.39 is 11.7 Å². The summed E-state index contributed by atoms with van der Waals surface area (Å²) >= 11 is 0. The number of likely N-dealkylation sites (tertiary alicyclic amines) is 1. The number of piperidine rings is 2. The molecule has 0 aliphatic carbocycles. The maximum Gasteiger partial charge on any atom is 0.418 e. The fourth-order valence-corrected chi connectivity index (χ4v) is 3.37. The van der Waals surface area contributed by atoms with Crippen molar-refractivity contribution >= 4 is 5.69 Å². The van der Waals surface area contributed by atoms with Crippen LogP contribution in [-0.4, -0.2) is 65.5 Å². The van der Waals surface area contributed by atoms with Gasteiger partial charge < -0.3 is 20.0 Å². The Morgan fingerprint density at radius 1 is 1.19 bits per heavy atom. The lowest BCUT2D eigenvalue weighted by molar-refractivity contribution is -0.137. The van der Waals surface area contributed by atoms with Gasteiger partial charge in [0.1, 0.15) is 0 Å². The molecule has 1 aromatic heterocycles. The van der Waals surface area contributed by atoms with Crippen LogP contribution in [0.2, 0.25) is 0 Å². The number of anilines is 1. The third-order valence-corrected chi connectivity index (χ3v) is 5.00. The van der Waals surface area contributed by atoms with Gasteiger partial charge in [-0.05, 0) is 45.2 Å². The minimum atomic E-state index is -4.30. The molecule has 0 aromatic carbocycles. The number of aromatic nitrogens is 1. The van der Waals surface area contributed by atoms with Gasteiger partial charge in [-0.15, -0.1) is 0 Å². The van der Waals surface area contributed by atoms with Gasteiger partial charge in [0.2, 0.25) is 0 Å². The highest BCUT2D eigenvalue weighted by Crippen LogP contribution is 2.36. The van der Waals surface area contributed by atoms with Crippen molar-refractivity contribution in [3.63, 3.8) is 0 Å². The van der Waals surface area contributed by atoms with Gasteiger partial charge in [-0.1, -0.05) is 0 Å². The predicted octanol–water partition coefficient (Wildman–Crippen LogP) is 2.52. The molecule has 2 atom stereocenters.